The fraction of sp³-hybridized carbons (Fsp3) is 0.412. The van der Waals surface area contributed by atoms with E-state index in [4.69, 9.17) is 5.73 Å². The van der Waals surface area contributed by atoms with Crippen molar-refractivity contribution in [2.45, 2.75) is 40.5 Å². The third kappa shape index (κ3) is 7.86. The molecular weight excluding hydrogens is 218 g/mol. The molecule has 0 rings (SSSR count). The van der Waals surface area contributed by atoms with Gasteiger partial charge in [0.25, 0.3) is 0 Å². The van der Waals surface area contributed by atoms with Crippen molar-refractivity contribution >= 4 is 0 Å². The van der Waals surface area contributed by atoms with Crippen LogP contribution in [-0.4, -0.2) is 6.54 Å². The predicted molar refractivity (Wildman–Crippen MR) is 85.6 cm³/mol. The maximum absolute atomic E-state index is 5.63. The molecule has 1 heteroatoms. The number of hydrogen-bond donors (Lipinski definition) is 1. The summed E-state index contributed by atoms with van der Waals surface area (Å²) in [4.78, 5) is 0. The van der Waals surface area contributed by atoms with Gasteiger partial charge in [0.2, 0.25) is 0 Å². The van der Waals surface area contributed by atoms with Crippen molar-refractivity contribution in [3.05, 3.63) is 60.3 Å². The number of allylic oxidation sites excluding steroid dienone is 6. The minimum atomic E-state index is 0.522. The Labute approximate surface area is 113 Å². The number of hydrogen-bond acceptors (Lipinski definition) is 1. The zero-order valence-electron chi connectivity index (χ0n) is 12.5. The van der Waals surface area contributed by atoms with Gasteiger partial charge in [0.05, 0.1) is 0 Å². The first kappa shape index (κ1) is 19.0. The van der Waals surface area contributed by atoms with Crippen LogP contribution in [0.25, 0.3) is 0 Å². The number of rotatable bonds is 7. The van der Waals surface area contributed by atoms with Crippen molar-refractivity contribution in [1.82, 2.24) is 0 Å². The molecule has 0 aromatic heterocycles. The van der Waals surface area contributed by atoms with E-state index in [1.54, 1.807) is 6.08 Å². The van der Waals surface area contributed by atoms with E-state index in [-0.39, 0.29) is 0 Å². The summed E-state index contributed by atoms with van der Waals surface area (Å²) in [5, 5.41) is 0. The summed E-state index contributed by atoms with van der Waals surface area (Å²) in [5.41, 5.74) is 9.19. The summed E-state index contributed by atoms with van der Waals surface area (Å²) in [6.07, 6.45) is 12.1. The molecule has 0 bridgehead atoms. The van der Waals surface area contributed by atoms with E-state index in [0.717, 1.165) is 18.4 Å². The Morgan fingerprint density at radius 1 is 1.22 bits per heavy atom. The van der Waals surface area contributed by atoms with Crippen molar-refractivity contribution in [2.24, 2.45) is 5.73 Å². The Balaban J connectivity index is 0. The van der Waals surface area contributed by atoms with Crippen molar-refractivity contribution in [2.75, 3.05) is 6.54 Å². The van der Waals surface area contributed by atoms with Gasteiger partial charge in [-0.05, 0) is 30.1 Å². The van der Waals surface area contributed by atoms with E-state index in [9.17, 15) is 0 Å². The topological polar surface area (TPSA) is 26.0 Å². The van der Waals surface area contributed by atoms with Crippen LogP contribution in [0.15, 0.2) is 60.3 Å². The fourth-order valence-electron chi connectivity index (χ4n) is 1.50. The third-order valence-corrected chi connectivity index (χ3v) is 2.36. The summed E-state index contributed by atoms with van der Waals surface area (Å²) in [6, 6.07) is 0. The van der Waals surface area contributed by atoms with Crippen LogP contribution in [0.1, 0.15) is 40.5 Å². The van der Waals surface area contributed by atoms with Crippen LogP contribution < -0.4 is 5.73 Å². The van der Waals surface area contributed by atoms with Gasteiger partial charge in [-0.3, -0.25) is 0 Å². The molecule has 0 aliphatic heterocycles. The van der Waals surface area contributed by atoms with Crippen LogP contribution in [-0.2, 0) is 0 Å². The molecule has 102 valence electrons. The molecule has 0 radical (unpaired) electrons. The molecule has 0 aliphatic carbocycles. The van der Waals surface area contributed by atoms with Gasteiger partial charge in [0, 0.05) is 6.54 Å². The molecule has 0 aromatic carbocycles. The smallest absolute Gasteiger partial charge is 0.0178 e. The lowest BCUT2D eigenvalue weighted by Crippen LogP contribution is -2.01. The van der Waals surface area contributed by atoms with E-state index < -0.39 is 0 Å². The normalized spacial score (nSPS) is 12.6. The van der Waals surface area contributed by atoms with Gasteiger partial charge >= 0.3 is 0 Å². The molecule has 0 saturated heterocycles. The Kier molecular flexibility index (Phi) is 14.5. The molecule has 1 nitrogen and oxygen atoms in total. The van der Waals surface area contributed by atoms with Crippen molar-refractivity contribution in [3.8, 4) is 0 Å². The van der Waals surface area contributed by atoms with Gasteiger partial charge in [-0.2, -0.15) is 0 Å². The summed E-state index contributed by atoms with van der Waals surface area (Å²) in [7, 11) is 0. The highest BCUT2D eigenvalue weighted by molar-refractivity contribution is 5.44. The third-order valence-electron chi connectivity index (χ3n) is 2.36. The molecular formula is C17H29N. The Morgan fingerprint density at radius 3 is 2.17 bits per heavy atom. The monoisotopic (exact) mass is 247 g/mol. The first-order valence-corrected chi connectivity index (χ1v) is 6.74. The summed E-state index contributed by atoms with van der Waals surface area (Å²) < 4.78 is 0. The average Bonchev–Trinajstić information content (AvgIpc) is 2.42. The Hall–Kier alpha value is -1.34. The second-order valence-electron chi connectivity index (χ2n) is 3.55. The van der Waals surface area contributed by atoms with Gasteiger partial charge < -0.3 is 5.73 Å². The molecule has 18 heavy (non-hydrogen) atoms. The molecule has 0 spiro atoms. The molecule has 0 amide bonds. The quantitative estimate of drug-likeness (QED) is 0.633. The second-order valence-corrected chi connectivity index (χ2v) is 3.55. The van der Waals surface area contributed by atoms with E-state index >= 15 is 0 Å². The highest BCUT2D eigenvalue weighted by atomic mass is 14.5. The zero-order chi connectivity index (χ0) is 14.4. The fourth-order valence-corrected chi connectivity index (χ4v) is 1.50. The zero-order valence-corrected chi connectivity index (χ0v) is 12.5. The lowest BCUT2D eigenvalue weighted by Gasteiger charge is -2.08. The number of nitrogens with two attached hydrogens (primary N) is 1. The van der Waals surface area contributed by atoms with Gasteiger partial charge in [0.1, 0.15) is 0 Å². The largest absolute Gasteiger partial charge is 0.326 e. The van der Waals surface area contributed by atoms with Gasteiger partial charge in [-0.1, -0.05) is 70.7 Å². The molecule has 0 fully saturated rings. The lowest BCUT2D eigenvalue weighted by atomic mass is 9.98. The second kappa shape index (κ2) is 13.7. The summed E-state index contributed by atoms with van der Waals surface area (Å²) >= 11 is 0. The van der Waals surface area contributed by atoms with Gasteiger partial charge in [-0.15, -0.1) is 0 Å². The standard InChI is InChI=1S/C15H23N.C2H6/c1-5-9-15(10-6-2)14(8-4)11-13(7-3)12-16;1-2/h5,7-9,11H,1,3,6,10,12,16H2,2,4H3;1-2H3/b13-11+,14-8+,15-9+;. The molecule has 0 heterocycles. The first-order chi connectivity index (χ1) is 8.73. The molecule has 0 atom stereocenters. The van der Waals surface area contributed by atoms with Crippen LogP contribution in [0.5, 0.6) is 0 Å². The van der Waals surface area contributed by atoms with Crippen LogP contribution in [0.3, 0.4) is 0 Å². The van der Waals surface area contributed by atoms with Crippen molar-refractivity contribution < 1.29 is 0 Å². The highest BCUT2D eigenvalue weighted by Crippen LogP contribution is 2.19. The molecule has 0 aromatic rings. The molecule has 2 N–H and O–H groups in total. The van der Waals surface area contributed by atoms with Crippen LogP contribution >= 0.6 is 0 Å². The Bertz CT molecular complexity index is 317. The van der Waals surface area contributed by atoms with Crippen LogP contribution in [0.2, 0.25) is 0 Å². The van der Waals surface area contributed by atoms with E-state index in [0.29, 0.717) is 6.54 Å². The average molecular weight is 247 g/mol. The highest BCUT2D eigenvalue weighted by Gasteiger charge is 2.00. The van der Waals surface area contributed by atoms with Gasteiger partial charge in [0.15, 0.2) is 0 Å². The van der Waals surface area contributed by atoms with Crippen molar-refractivity contribution in [3.63, 3.8) is 0 Å². The Morgan fingerprint density at radius 2 is 1.83 bits per heavy atom. The first-order valence-electron chi connectivity index (χ1n) is 6.74. The van der Waals surface area contributed by atoms with E-state index in [1.165, 1.54) is 11.1 Å². The maximum Gasteiger partial charge on any atom is 0.0178 e. The maximum atomic E-state index is 5.63. The summed E-state index contributed by atoms with van der Waals surface area (Å²) in [6.45, 7) is 16.2. The lowest BCUT2D eigenvalue weighted by molar-refractivity contribution is 0.916. The molecule has 0 saturated carbocycles. The van der Waals surface area contributed by atoms with Gasteiger partial charge in [-0.25, -0.2) is 0 Å². The van der Waals surface area contributed by atoms with E-state index in [2.05, 4.69) is 38.3 Å². The van der Waals surface area contributed by atoms with Crippen molar-refractivity contribution in [1.29, 1.82) is 0 Å². The van der Waals surface area contributed by atoms with Crippen LogP contribution in [0.4, 0.5) is 0 Å². The SMILES string of the molecule is C=C/C=C(CCC)/C(/C=C(\C=C)CN)=C/C.CC. The molecule has 0 unspecified atom stereocenters. The van der Waals surface area contributed by atoms with E-state index in [1.807, 2.05) is 26.8 Å². The van der Waals surface area contributed by atoms with Crippen LogP contribution in [0, 0.1) is 0 Å². The summed E-state index contributed by atoms with van der Waals surface area (Å²) in [5.74, 6) is 0. The minimum absolute atomic E-state index is 0.522. The minimum Gasteiger partial charge on any atom is -0.326 e. The molecule has 0 aliphatic rings. The predicted octanol–water partition coefficient (Wildman–Crippen LogP) is 4.94.